The van der Waals surface area contributed by atoms with E-state index in [1.54, 1.807) is 59.7 Å². The minimum atomic E-state index is -1.10. The highest BCUT2D eigenvalue weighted by Crippen LogP contribution is 2.69. The number of hydrogen-bond donors (Lipinski definition) is 5. The van der Waals surface area contributed by atoms with Gasteiger partial charge in [-0.05, 0) is 139 Å². The Morgan fingerprint density at radius 3 is 2.47 bits per heavy atom. The number of nitrogen functional groups attached to an aromatic ring is 1. The minimum absolute atomic E-state index is 0.00175. The van der Waals surface area contributed by atoms with E-state index in [1.807, 2.05) is 24.3 Å². The zero-order valence-electron chi connectivity index (χ0n) is 34.9. The number of aliphatic hydroxyl groups is 1. The third-order valence-electron chi connectivity index (χ3n) is 12.7. The Kier molecular flexibility index (Phi) is 9.24. The first-order valence-electron chi connectivity index (χ1n) is 20.9. The van der Waals surface area contributed by atoms with E-state index in [9.17, 15) is 19.8 Å². The number of aromatic amines is 1. The maximum absolute atomic E-state index is 13.8. The number of alkyl carbamates (subject to hydrolysis) is 1. The lowest BCUT2D eigenvalue weighted by Crippen LogP contribution is -2.74. The topological polar surface area (TPSA) is 175 Å². The van der Waals surface area contributed by atoms with Crippen molar-refractivity contribution in [2.45, 2.75) is 121 Å². The van der Waals surface area contributed by atoms with E-state index in [2.05, 4.69) is 27.3 Å². The maximum Gasteiger partial charge on any atom is 0.417 e. The summed E-state index contributed by atoms with van der Waals surface area (Å²) in [5.41, 5.74) is 10.00. The fourth-order valence-corrected chi connectivity index (χ4v) is 10.1. The molecule has 1 saturated heterocycles. The van der Waals surface area contributed by atoms with Crippen molar-refractivity contribution in [1.82, 2.24) is 20.1 Å². The summed E-state index contributed by atoms with van der Waals surface area (Å²) < 4.78 is 18.2. The summed E-state index contributed by atoms with van der Waals surface area (Å²) >= 11 is 0. The number of ether oxygens (including phenoxy) is 3. The Morgan fingerprint density at radius 1 is 1.03 bits per heavy atom. The van der Waals surface area contributed by atoms with Crippen LogP contribution in [0.2, 0.25) is 0 Å². The molecule has 4 aromatic rings. The second-order valence-electron chi connectivity index (χ2n) is 19.2. The Morgan fingerprint density at radius 2 is 1.76 bits per heavy atom. The minimum Gasteiger partial charge on any atom is -0.504 e. The normalized spacial score (nSPS) is 24.6. The highest BCUT2D eigenvalue weighted by Gasteiger charge is 2.73. The van der Waals surface area contributed by atoms with E-state index in [-0.39, 0.29) is 30.8 Å². The van der Waals surface area contributed by atoms with E-state index >= 15 is 0 Å². The second-order valence-corrected chi connectivity index (χ2v) is 19.2. The van der Waals surface area contributed by atoms with E-state index in [0.29, 0.717) is 36.6 Å². The molecule has 13 nitrogen and oxygen atoms in total. The summed E-state index contributed by atoms with van der Waals surface area (Å²) in [6.45, 7) is 12.8. The summed E-state index contributed by atoms with van der Waals surface area (Å²) in [4.78, 5) is 39.3. The van der Waals surface area contributed by atoms with Gasteiger partial charge in [0.15, 0.2) is 17.6 Å². The molecule has 3 heterocycles. The van der Waals surface area contributed by atoms with Gasteiger partial charge in [0.2, 0.25) is 5.96 Å². The summed E-state index contributed by atoms with van der Waals surface area (Å²) in [6.07, 6.45) is 2.99. The van der Waals surface area contributed by atoms with Crippen molar-refractivity contribution < 1.29 is 34.0 Å². The van der Waals surface area contributed by atoms with Gasteiger partial charge in [0.25, 0.3) is 0 Å². The Labute approximate surface area is 344 Å². The second kappa shape index (κ2) is 13.9. The SMILES string of the molecule is CC(C)(C)OC(=O)NC(=NCCc1ccc2[nH]c3c(c2c1)C[C@@]1(O)[C@H]2Cc4ccc(O)c5c4[C@@]1(CCN2CC1CC1)[C@H]3O5)N(Cc1ccc(N)cc1)C(=O)OC(C)(C)C. The number of phenolic OH excluding ortho intramolecular Hbond substituents is 1. The first-order chi connectivity index (χ1) is 27.9. The molecule has 5 aliphatic rings. The first kappa shape index (κ1) is 39.2. The van der Waals surface area contributed by atoms with Crippen LogP contribution in [0.1, 0.15) is 100 Å². The number of nitrogens with one attached hydrogen (secondary N) is 2. The molecule has 2 amide bonds. The molecule has 1 aromatic heterocycles. The van der Waals surface area contributed by atoms with Crippen molar-refractivity contribution in [3.8, 4) is 11.5 Å². The highest BCUT2D eigenvalue weighted by molar-refractivity contribution is 6.01. The number of carbonyl (C=O) groups excluding carboxylic acids is 2. The number of benzene rings is 3. The average molecular weight is 805 g/mol. The van der Waals surface area contributed by atoms with Crippen molar-refractivity contribution in [3.05, 3.63) is 88.1 Å². The van der Waals surface area contributed by atoms with Crippen molar-refractivity contribution in [2.75, 3.05) is 25.4 Å². The number of fused-ring (bicyclic) bond motifs is 4. The van der Waals surface area contributed by atoms with Crippen LogP contribution in [0.15, 0.2) is 59.6 Å². The van der Waals surface area contributed by atoms with Crippen LogP contribution in [-0.4, -0.2) is 85.6 Å². The van der Waals surface area contributed by atoms with Crippen molar-refractivity contribution in [1.29, 1.82) is 0 Å². The number of carbonyl (C=O) groups is 2. The van der Waals surface area contributed by atoms with Gasteiger partial charge in [-0.3, -0.25) is 15.2 Å². The van der Waals surface area contributed by atoms with Crippen LogP contribution in [0.25, 0.3) is 10.9 Å². The van der Waals surface area contributed by atoms with Crippen molar-refractivity contribution >= 4 is 34.7 Å². The first-order valence-corrected chi connectivity index (χ1v) is 20.9. The largest absolute Gasteiger partial charge is 0.504 e. The number of rotatable bonds is 7. The van der Waals surface area contributed by atoms with Crippen LogP contribution in [0.5, 0.6) is 11.5 Å². The van der Waals surface area contributed by atoms with Crippen LogP contribution < -0.4 is 15.8 Å². The van der Waals surface area contributed by atoms with E-state index in [0.717, 1.165) is 63.9 Å². The number of guanidine groups is 1. The molecule has 0 radical (unpaired) electrons. The molecule has 4 atom stereocenters. The Bertz CT molecular complexity index is 2360. The van der Waals surface area contributed by atoms with Crippen LogP contribution in [0, 0.1) is 5.92 Å². The lowest BCUT2D eigenvalue weighted by Gasteiger charge is -2.62. The number of amides is 2. The number of phenols is 1. The maximum atomic E-state index is 13.8. The molecule has 3 aromatic carbocycles. The molecule has 9 rings (SSSR count). The zero-order chi connectivity index (χ0) is 41.6. The zero-order valence-corrected chi connectivity index (χ0v) is 34.9. The number of nitrogens with two attached hydrogens (primary N) is 1. The number of nitrogens with zero attached hydrogens (tertiary/aromatic N) is 3. The van der Waals surface area contributed by atoms with Gasteiger partial charge in [0, 0.05) is 47.7 Å². The standard InChI is InChI=1S/C46H56N6O7/c1-43(2,3)58-41(54)50-40(52(42(55)59-44(4,5)6)25-28-9-13-30(47)14-10-28)48-19-17-26-11-15-33-31(21-26)32-23-46(56)35-22-29-12-16-34(53)38-36(29)45(46,39(57-38)37(32)49-33)18-20-51(35)24-27-7-8-27/h9-16,21,27,35,39,49,53,56H,7-8,17-20,22-25,47H2,1-6H3,(H,48,50,54)/t35-,39+,45+,46-/m1/s1. The number of piperidine rings is 1. The fourth-order valence-electron chi connectivity index (χ4n) is 10.1. The predicted octanol–water partition coefficient (Wildman–Crippen LogP) is 7.02. The van der Waals surface area contributed by atoms with E-state index in [1.165, 1.54) is 17.7 Å². The molecule has 13 heteroatoms. The lowest BCUT2D eigenvalue weighted by atomic mass is 9.49. The molecule has 312 valence electrons. The number of likely N-dealkylation sites (tertiary alicyclic amines) is 1. The van der Waals surface area contributed by atoms with Gasteiger partial charge in [0.05, 0.1) is 23.3 Å². The quantitative estimate of drug-likeness (QED) is 0.0748. The van der Waals surface area contributed by atoms with Crippen LogP contribution in [-0.2, 0) is 40.7 Å². The average Bonchev–Trinajstić information content (AvgIpc) is 3.79. The van der Waals surface area contributed by atoms with Gasteiger partial charge in [0.1, 0.15) is 11.2 Å². The molecule has 2 bridgehead atoms. The molecule has 59 heavy (non-hydrogen) atoms. The molecule has 6 N–H and O–H groups in total. The van der Waals surface area contributed by atoms with Crippen LogP contribution in [0.4, 0.5) is 15.3 Å². The Balaban J connectivity index is 1.05. The third-order valence-corrected chi connectivity index (χ3v) is 12.7. The molecule has 2 fully saturated rings. The summed E-state index contributed by atoms with van der Waals surface area (Å²) in [7, 11) is 0. The third kappa shape index (κ3) is 6.95. The summed E-state index contributed by atoms with van der Waals surface area (Å²) in [5.74, 6) is 1.32. The van der Waals surface area contributed by atoms with Gasteiger partial charge in [-0.25, -0.2) is 14.5 Å². The molecule has 0 unspecified atom stereocenters. The number of hydrogen-bond acceptors (Lipinski definition) is 10. The molecule has 1 saturated carbocycles. The summed E-state index contributed by atoms with van der Waals surface area (Å²) in [6, 6.07) is 17.1. The number of aromatic hydroxyl groups is 1. The molecule has 2 aliphatic heterocycles. The number of H-pyrrole nitrogens is 1. The van der Waals surface area contributed by atoms with Gasteiger partial charge in [-0.1, -0.05) is 24.3 Å². The summed E-state index contributed by atoms with van der Waals surface area (Å²) in [5, 5.41) is 28.2. The van der Waals surface area contributed by atoms with Crippen molar-refractivity contribution in [3.63, 3.8) is 0 Å². The monoisotopic (exact) mass is 804 g/mol. The number of aromatic nitrogens is 1. The van der Waals surface area contributed by atoms with Gasteiger partial charge in [-0.15, -0.1) is 0 Å². The fraction of sp³-hybridized carbons (Fsp3) is 0.500. The number of aliphatic imine (C=N–C) groups is 1. The van der Waals surface area contributed by atoms with Crippen molar-refractivity contribution in [2.24, 2.45) is 10.9 Å². The molecular weight excluding hydrogens is 749 g/mol. The predicted molar refractivity (Wildman–Crippen MR) is 225 cm³/mol. The molecular formula is C46H56N6O7. The van der Waals surface area contributed by atoms with Gasteiger partial charge < -0.3 is 35.1 Å². The lowest BCUT2D eigenvalue weighted by molar-refractivity contribution is -0.173. The van der Waals surface area contributed by atoms with Crippen LogP contribution in [0.3, 0.4) is 0 Å². The molecule has 3 aliphatic carbocycles. The smallest absolute Gasteiger partial charge is 0.417 e. The van der Waals surface area contributed by atoms with E-state index in [4.69, 9.17) is 24.9 Å². The van der Waals surface area contributed by atoms with Crippen LogP contribution >= 0.6 is 0 Å². The van der Waals surface area contributed by atoms with E-state index < -0.39 is 40.5 Å². The van der Waals surface area contributed by atoms with Gasteiger partial charge in [-0.2, -0.15) is 0 Å². The number of anilines is 1. The Hall–Kier alpha value is -5.27. The van der Waals surface area contributed by atoms with Gasteiger partial charge >= 0.3 is 12.2 Å². The highest BCUT2D eigenvalue weighted by atomic mass is 16.6. The molecule has 1 spiro atoms.